The summed E-state index contributed by atoms with van der Waals surface area (Å²) in [7, 11) is 0. The lowest BCUT2D eigenvalue weighted by atomic mass is 9.97. The van der Waals surface area contributed by atoms with Gasteiger partial charge in [-0.15, -0.1) is 0 Å². The second-order valence-corrected chi connectivity index (χ2v) is 9.04. The highest BCUT2D eigenvalue weighted by Gasteiger charge is 2.24. The Bertz CT molecular complexity index is 248. The first-order chi connectivity index (χ1) is 11.2. The zero-order valence-electron chi connectivity index (χ0n) is 17.4. The van der Waals surface area contributed by atoms with Crippen LogP contribution in [0.25, 0.3) is 0 Å². The van der Waals surface area contributed by atoms with E-state index in [0.717, 1.165) is 26.2 Å². The van der Waals surface area contributed by atoms with Crippen LogP contribution in [0.5, 0.6) is 0 Å². The van der Waals surface area contributed by atoms with Gasteiger partial charge in [0.2, 0.25) is 0 Å². The minimum atomic E-state index is 0.523. The van der Waals surface area contributed by atoms with Crippen molar-refractivity contribution in [3.05, 3.63) is 0 Å². The third-order valence-corrected chi connectivity index (χ3v) is 5.62. The van der Waals surface area contributed by atoms with Gasteiger partial charge in [-0.05, 0) is 23.7 Å². The van der Waals surface area contributed by atoms with Gasteiger partial charge in [0.1, 0.15) is 0 Å². The van der Waals surface area contributed by atoms with Gasteiger partial charge in [-0.3, -0.25) is 0 Å². The quantitative estimate of drug-likeness (QED) is 0.635. The molecule has 0 unspecified atom stereocenters. The summed E-state index contributed by atoms with van der Waals surface area (Å²) in [5.41, 5.74) is 0. The van der Waals surface area contributed by atoms with Crippen LogP contribution in [0, 0.1) is 23.7 Å². The van der Waals surface area contributed by atoms with Crippen LogP contribution in [-0.4, -0.2) is 50.3 Å². The van der Waals surface area contributed by atoms with E-state index in [2.05, 4.69) is 76.7 Å². The lowest BCUT2D eigenvalue weighted by Gasteiger charge is -2.35. The molecule has 0 aromatic heterocycles. The molecular weight excluding hydrogens is 296 g/mol. The predicted octanol–water partition coefficient (Wildman–Crippen LogP) is 2.46. The predicted molar refractivity (Wildman–Crippen MR) is 107 cm³/mol. The second-order valence-electron chi connectivity index (χ2n) is 9.04. The van der Waals surface area contributed by atoms with Gasteiger partial charge in [0.25, 0.3) is 0 Å². The molecule has 4 N–H and O–H groups in total. The highest BCUT2D eigenvalue weighted by molar-refractivity contribution is 4.86. The lowest BCUT2D eigenvalue weighted by molar-refractivity contribution is 0.259. The summed E-state index contributed by atoms with van der Waals surface area (Å²) in [5.74, 6) is 2.55. The maximum absolute atomic E-state index is 3.83. The largest absolute Gasteiger partial charge is 0.311 e. The molecule has 4 atom stereocenters. The Morgan fingerprint density at radius 2 is 0.583 bits per heavy atom. The van der Waals surface area contributed by atoms with Gasteiger partial charge < -0.3 is 21.3 Å². The van der Waals surface area contributed by atoms with Crippen LogP contribution >= 0.6 is 0 Å². The highest BCUT2D eigenvalue weighted by Crippen LogP contribution is 2.10. The first-order valence-electron chi connectivity index (χ1n) is 10.2. The lowest BCUT2D eigenvalue weighted by Crippen LogP contribution is -2.57. The Labute approximate surface area is 151 Å². The molecule has 0 spiro atoms. The minimum Gasteiger partial charge on any atom is -0.311 e. The van der Waals surface area contributed by atoms with Gasteiger partial charge in [0, 0.05) is 50.3 Å². The summed E-state index contributed by atoms with van der Waals surface area (Å²) in [6.07, 6.45) is 0. The second kappa shape index (κ2) is 10.7. The van der Waals surface area contributed by atoms with Crippen molar-refractivity contribution >= 4 is 0 Å². The molecule has 0 aromatic carbocycles. The number of rotatable bonds is 4. The Hall–Kier alpha value is -0.160. The number of hydrogen-bond donors (Lipinski definition) is 4. The van der Waals surface area contributed by atoms with Crippen molar-refractivity contribution in [2.75, 3.05) is 26.2 Å². The summed E-state index contributed by atoms with van der Waals surface area (Å²) in [5, 5.41) is 15.3. The van der Waals surface area contributed by atoms with Gasteiger partial charge in [0.15, 0.2) is 0 Å². The van der Waals surface area contributed by atoms with Crippen molar-refractivity contribution in [3.63, 3.8) is 0 Å². The highest BCUT2D eigenvalue weighted by atomic mass is 15.1. The van der Waals surface area contributed by atoms with Crippen LogP contribution in [0.1, 0.15) is 55.4 Å². The van der Waals surface area contributed by atoms with Crippen molar-refractivity contribution in [2.45, 2.75) is 79.6 Å². The fourth-order valence-electron chi connectivity index (χ4n) is 3.29. The van der Waals surface area contributed by atoms with Crippen molar-refractivity contribution in [2.24, 2.45) is 23.7 Å². The third-order valence-electron chi connectivity index (χ3n) is 5.62. The zero-order valence-corrected chi connectivity index (χ0v) is 17.4. The van der Waals surface area contributed by atoms with E-state index in [0.29, 0.717) is 47.8 Å². The maximum Gasteiger partial charge on any atom is 0.0216 e. The fraction of sp³-hybridized carbons (Fsp3) is 1.00. The van der Waals surface area contributed by atoms with Crippen molar-refractivity contribution in [1.29, 1.82) is 0 Å². The third kappa shape index (κ3) is 7.38. The van der Waals surface area contributed by atoms with E-state index in [1.54, 1.807) is 0 Å². The summed E-state index contributed by atoms with van der Waals surface area (Å²) in [4.78, 5) is 0. The van der Waals surface area contributed by atoms with E-state index >= 15 is 0 Å². The molecule has 1 fully saturated rings. The van der Waals surface area contributed by atoms with Crippen LogP contribution in [0.2, 0.25) is 0 Å². The molecule has 0 aliphatic carbocycles. The molecule has 0 radical (unpaired) electrons. The Kier molecular flexibility index (Phi) is 9.80. The molecule has 4 nitrogen and oxygen atoms in total. The van der Waals surface area contributed by atoms with Crippen LogP contribution < -0.4 is 21.3 Å². The monoisotopic (exact) mass is 340 g/mol. The minimum absolute atomic E-state index is 0.523. The zero-order chi connectivity index (χ0) is 18.3. The molecule has 1 aliphatic rings. The molecule has 0 bridgehead atoms. The molecule has 1 heterocycles. The molecule has 0 saturated carbocycles. The summed E-state index contributed by atoms with van der Waals surface area (Å²) in [6.45, 7) is 22.7. The Morgan fingerprint density at radius 1 is 0.417 bits per heavy atom. The van der Waals surface area contributed by atoms with Crippen molar-refractivity contribution in [1.82, 2.24) is 21.3 Å². The SMILES string of the molecule is CC(C)[C@@H]1CN[C@H](C(C)C)CN[C@@H](C(C)C)CN[C@H](C(C)C)CN1. The van der Waals surface area contributed by atoms with E-state index in [1.165, 1.54) is 0 Å². The van der Waals surface area contributed by atoms with E-state index in [1.807, 2.05) is 0 Å². The van der Waals surface area contributed by atoms with Gasteiger partial charge in [-0.2, -0.15) is 0 Å². The van der Waals surface area contributed by atoms with E-state index in [9.17, 15) is 0 Å². The molecule has 4 heteroatoms. The molecule has 0 aromatic rings. The average Bonchev–Trinajstić information content (AvgIpc) is 2.46. The molecule has 0 amide bonds. The van der Waals surface area contributed by atoms with Crippen molar-refractivity contribution < 1.29 is 0 Å². The first-order valence-corrected chi connectivity index (χ1v) is 10.2. The first kappa shape index (κ1) is 21.9. The van der Waals surface area contributed by atoms with Gasteiger partial charge in [-0.1, -0.05) is 55.4 Å². The van der Waals surface area contributed by atoms with Crippen LogP contribution in [0.15, 0.2) is 0 Å². The molecule has 1 rings (SSSR count). The molecule has 1 aliphatic heterocycles. The van der Waals surface area contributed by atoms with Crippen LogP contribution in [-0.2, 0) is 0 Å². The van der Waals surface area contributed by atoms with E-state index < -0.39 is 0 Å². The van der Waals surface area contributed by atoms with Gasteiger partial charge in [-0.25, -0.2) is 0 Å². The fourth-order valence-corrected chi connectivity index (χ4v) is 3.29. The van der Waals surface area contributed by atoms with Crippen molar-refractivity contribution in [3.8, 4) is 0 Å². The van der Waals surface area contributed by atoms with Gasteiger partial charge >= 0.3 is 0 Å². The Balaban J connectivity index is 2.84. The topological polar surface area (TPSA) is 48.1 Å². The molecule has 24 heavy (non-hydrogen) atoms. The standard InChI is InChI=1S/C20H44N4/c1-13(2)17-9-22-19(15(5)6)11-24-20(16(7)8)12-23-18(10-21-17)14(3)4/h13-24H,9-12H2,1-8H3/t17-,18-,19-,20+/m0/s1. The molecular formula is C20H44N4. The molecule has 144 valence electrons. The smallest absolute Gasteiger partial charge is 0.0216 e. The van der Waals surface area contributed by atoms with E-state index in [-0.39, 0.29) is 0 Å². The Morgan fingerprint density at radius 3 is 0.708 bits per heavy atom. The van der Waals surface area contributed by atoms with Crippen LogP contribution in [0.4, 0.5) is 0 Å². The summed E-state index contributed by atoms with van der Waals surface area (Å²) in [6, 6.07) is 2.09. The van der Waals surface area contributed by atoms with E-state index in [4.69, 9.17) is 0 Å². The summed E-state index contributed by atoms with van der Waals surface area (Å²) < 4.78 is 0. The normalized spacial score (nSPS) is 31.5. The average molecular weight is 341 g/mol. The maximum atomic E-state index is 3.83. The number of hydrogen-bond acceptors (Lipinski definition) is 4. The summed E-state index contributed by atoms with van der Waals surface area (Å²) >= 11 is 0. The number of nitrogens with one attached hydrogen (secondary N) is 4. The molecule has 1 saturated heterocycles. The van der Waals surface area contributed by atoms with Gasteiger partial charge in [0.05, 0.1) is 0 Å². The van der Waals surface area contributed by atoms with Crippen LogP contribution in [0.3, 0.4) is 0 Å².